The topological polar surface area (TPSA) is 91.7 Å². The summed E-state index contributed by atoms with van der Waals surface area (Å²) in [7, 11) is 0. The third-order valence-corrected chi connectivity index (χ3v) is 10.4. The number of aliphatic carboxylic acids is 1. The molecule has 0 bridgehead atoms. The van der Waals surface area contributed by atoms with E-state index < -0.39 is 5.97 Å². The van der Waals surface area contributed by atoms with Crippen molar-refractivity contribution in [2.24, 2.45) is 23.2 Å². The van der Waals surface area contributed by atoms with Gasteiger partial charge in [0.1, 0.15) is 0 Å². The Labute approximate surface area is 268 Å². The number of anilines is 1. The van der Waals surface area contributed by atoms with E-state index in [9.17, 15) is 9.90 Å². The second kappa shape index (κ2) is 13.5. The number of benzene rings is 1. The summed E-state index contributed by atoms with van der Waals surface area (Å²) in [5.41, 5.74) is 5.80. The lowest BCUT2D eigenvalue weighted by molar-refractivity contribution is -0.138. The molecule has 2 unspecified atom stereocenters. The van der Waals surface area contributed by atoms with E-state index in [0.29, 0.717) is 28.9 Å². The zero-order chi connectivity index (χ0) is 31.6. The van der Waals surface area contributed by atoms with E-state index in [2.05, 4.69) is 61.8 Å². The first-order chi connectivity index (χ1) is 21.6. The molecule has 2 saturated heterocycles. The normalized spacial score (nSPS) is 22.4. The molecule has 1 aliphatic carbocycles. The van der Waals surface area contributed by atoms with Crippen molar-refractivity contribution in [2.45, 2.75) is 85.6 Å². The van der Waals surface area contributed by atoms with E-state index in [4.69, 9.17) is 19.7 Å². The Hall–Kier alpha value is -3.52. The SMILES string of the molecule is Cc1cc(C)cc(-c2cc(CN3CCC(CC(=O)O)CC3)cc(Oc3cnc(N4CC5CCCCCC(C)(C)C5C4)nc3)n2)c1. The maximum Gasteiger partial charge on any atom is 0.303 e. The Bertz CT molecular complexity index is 1460. The molecule has 3 aliphatic rings. The Morgan fingerprint density at radius 1 is 0.956 bits per heavy atom. The first-order valence-electron chi connectivity index (χ1n) is 16.9. The Kier molecular flexibility index (Phi) is 9.41. The maximum absolute atomic E-state index is 11.2. The highest BCUT2D eigenvalue weighted by molar-refractivity contribution is 5.67. The van der Waals surface area contributed by atoms with Crippen LogP contribution in [0.25, 0.3) is 11.3 Å². The highest BCUT2D eigenvalue weighted by Crippen LogP contribution is 2.45. The van der Waals surface area contributed by atoms with E-state index in [1.807, 2.05) is 6.07 Å². The number of ether oxygens (including phenoxy) is 1. The Morgan fingerprint density at radius 2 is 1.69 bits per heavy atom. The molecule has 240 valence electrons. The van der Waals surface area contributed by atoms with E-state index >= 15 is 0 Å². The minimum Gasteiger partial charge on any atom is -0.481 e. The maximum atomic E-state index is 11.2. The van der Waals surface area contributed by atoms with Gasteiger partial charge in [0.15, 0.2) is 5.75 Å². The number of aryl methyl sites for hydroxylation is 2. The Morgan fingerprint density at radius 3 is 2.40 bits per heavy atom. The van der Waals surface area contributed by atoms with Gasteiger partial charge in [-0.05, 0) is 99.6 Å². The summed E-state index contributed by atoms with van der Waals surface area (Å²) in [4.78, 5) is 30.4. The van der Waals surface area contributed by atoms with Crippen LogP contribution in [0.15, 0.2) is 42.7 Å². The van der Waals surface area contributed by atoms with Gasteiger partial charge in [-0.3, -0.25) is 9.69 Å². The van der Waals surface area contributed by atoms with Gasteiger partial charge in [-0.1, -0.05) is 50.3 Å². The average molecular weight is 612 g/mol. The van der Waals surface area contributed by atoms with Gasteiger partial charge in [0.05, 0.1) is 18.1 Å². The van der Waals surface area contributed by atoms with E-state index in [-0.39, 0.29) is 12.3 Å². The van der Waals surface area contributed by atoms with Gasteiger partial charge in [0, 0.05) is 37.7 Å². The van der Waals surface area contributed by atoms with Crippen LogP contribution >= 0.6 is 0 Å². The molecule has 0 radical (unpaired) electrons. The largest absolute Gasteiger partial charge is 0.481 e. The molecule has 1 saturated carbocycles. The van der Waals surface area contributed by atoms with Crippen LogP contribution in [0.1, 0.15) is 81.9 Å². The summed E-state index contributed by atoms with van der Waals surface area (Å²) < 4.78 is 6.33. The van der Waals surface area contributed by atoms with Crippen molar-refractivity contribution >= 4 is 11.9 Å². The van der Waals surface area contributed by atoms with Crippen LogP contribution in [0.4, 0.5) is 5.95 Å². The summed E-state index contributed by atoms with van der Waals surface area (Å²) in [5, 5.41) is 9.20. The van der Waals surface area contributed by atoms with E-state index in [1.165, 1.54) is 43.2 Å². The molecule has 8 heteroatoms. The van der Waals surface area contributed by atoms with Crippen molar-refractivity contribution in [3.8, 4) is 22.9 Å². The molecule has 3 aromatic rings. The number of rotatable bonds is 8. The first-order valence-corrected chi connectivity index (χ1v) is 16.9. The molecule has 4 heterocycles. The van der Waals surface area contributed by atoms with Crippen LogP contribution in [-0.2, 0) is 11.3 Å². The third-order valence-electron chi connectivity index (χ3n) is 10.4. The number of hydrogen-bond acceptors (Lipinski definition) is 7. The fourth-order valence-electron chi connectivity index (χ4n) is 8.03. The number of hydrogen-bond donors (Lipinski definition) is 1. The molecule has 2 aromatic heterocycles. The molecule has 2 aliphatic heterocycles. The number of pyridine rings is 1. The molecular formula is C37H49N5O3. The van der Waals surface area contributed by atoms with Gasteiger partial charge in [-0.2, -0.15) is 0 Å². The van der Waals surface area contributed by atoms with Crippen molar-refractivity contribution in [2.75, 3.05) is 31.1 Å². The molecule has 0 spiro atoms. The first kappa shape index (κ1) is 31.5. The number of likely N-dealkylation sites (tertiary alicyclic amines) is 1. The minimum absolute atomic E-state index is 0.258. The Balaban J connectivity index is 1.19. The lowest BCUT2D eigenvalue weighted by Crippen LogP contribution is -2.33. The van der Waals surface area contributed by atoms with Crippen LogP contribution in [0.2, 0.25) is 0 Å². The smallest absolute Gasteiger partial charge is 0.303 e. The summed E-state index contributed by atoms with van der Waals surface area (Å²) >= 11 is 0. The van der Waals surface area contributed by atoms with Crippen molar-refractivity contribution < 1.29 is 14.6 Å². The van der Waals surface area contributed by atoms with E-state index in [0.717, 1.165) is 68.3 Å². The third kappa shape index (κ3) is 7.83. The zero-order valence-corrected chi connectivity index (χ0v) is 27.5. The van der Waals surface area contributed by atoms with Crippen LogP contribution in [0.3, 0.4) is 0 Å². The number of carboxylic acids is 1. The summed E-state index contributed by atoms with van der Waals surface area (Å²) in [6.07, 6.45) is 12.3. The zero-order valence-electron chi connectivity index (χ0n) is 27.5. The van der Waals surface area contributed by atoms with Crippen LogP contribution in [-0.4, -0.2) is 57.1 Å². The van der Waals surface area contributed by atoms with Crippen molar-refractivity contribution in [1.29, 1.82) is 0 Å². The van der Waals surface area contributed by atoms with Gasteiger partial charge in [0.2, 0.25) is 11.8 Å². The van der Waals surface area contributed by atoms with Gasteiger partial charge in [-0.15, -0.1) is 0 Å². The molecule has 0 amide bonds. The van der Waals surface area contributed by atoms with Gasteiger partial charge in [0.25, 0.3) is 0 Å². The number of aromatic nitrogens is 3. The molecule has 1 aromatic carbocycles. The number of carbonyl (C=O) groups is 1. The molecular weight excluding hydrogens is 562 g/mol. The van der Waals surface area contributed by atoms with Crippen LogP contribution in [0.5, 0.6) is 11.6 Å². The summed E-state index contributed by atoms with van der Waals surface area (Å²) in [5.74, 6) is 2.83. The lowest BCUT2D eigenvalue weighted by atomic mass is 9.68. The fraction of sp³-hybridized carbons (Fsp3) is 0.568. The predicted molar refractivity (Wildman–Crippen MR) is 178 cm³/mol. The molecule has 3 fully saturated rings. The average Bonchev–Trinajstić information content (AvgIpc) is 3.41. The van der Waals surface area contributed by atoms with Crippen molar-refractivity contribution in [1.82, 2.24) is 19.9 Å². The summed E-state index contributed by atoms with van der Waals surface area (Å²) in [6.45, 7) is 13.7. The van der Waals surface area contributed by atoms with E-state index in [1.54, 1.807) is 12.4 Å². The highest BCUT2D eigenvalue weighted by atomic mass is 16.5. The highest BCUT2D eigenvalue weighted by Gasteiger charge is 2.43. The molecule has 8 nitrogen and oxygen atoms in total. The lowest BCUT2D eigenvalue weighted by Gasteiger charge is -2.37. The summed E-state index contributed by atoms with van der Waals surface area (Å²) in [6, 6.07) is 10.7. The number of nitrogens with zero attached hydrogens (tertiary/aromatic N) is 5. The monoisotopic (exact) mass is 611 g/mol. The van der Waals surface area contributed by atoms with Crippen molar-refractivity contribution in [3.63, 3.8) is 0 Å². The number of fused-ring (bicyclic) bond motifs is 1. The second-order valence-electron chi connectivity index (χ2n) is 14.6. The van der Waals surface area contributed by atoms with Crippen LogP contribution < -0.4 is 9.64 Å². The molecule has 1 N–H and O–H groups in total. The quantitative estimate of drug-likeness (QED) is 0.277. The van der Waals surface area contributed by atoms with Crippen LogP contribution in [0, 0.1) is 37.0 Å². The molecule has 45 heavy (non-hydrogen) atoms. The van der Waals surface area contributed by atoms with Gasteiger partial charge >= 0.3 is 5.97 Å². The molecule has 6 rings (SSSR count). The number of carboxylic acid groups (broad SMARTS) is 1. The standard InChI is InChI=1S/C37H49N5O3/c1-25-14-26(2)16-30(15-25)33-17-28(22-41-12-9-27(10-13-41)19-35(43)44)18-34(40-33)45-31-20-38-36(39-21-31)42-23-29-8-6-5-7-11-37(3,4)32(29)24-42/h14-18,20-21,27,29,32H,5-13,19,22-24H2,1-4H3,(H,43,44). The van der Waals surface area contributed by atoms with Gasteiger partial charge in [-0.25, -0.2) is 15.0 Å². The molecule has 2 atom stereocenters. The fourth-order valence-corrected chi connectivity index (χ4v) is 8.03. The number of piperidine rings is 1. The minimum atomic E-state index is -0.701. The second-order valence-corrected chi connectivity index (χ2v) is 14.6. The van der Waals surface area contributed by atoms with Crippen molar-refractivity contribution in [3.05, 3.63) is 59.4 Å². The van der Waals surface area contributed by atoms with Gasteiger partial charge < -0.3 is 14.7 Å². The predicted octanol–water partition coefficient (Wildman–Crippen LogP) is 7.68.